The predicted molar refractivity (Wildman–Crippen MR) is 157 cm³/mol. The summed E-state index contributed by atoms with van der Waals surface area (Å²) >= 11 is 0. The van der Waals surface area contributed by atoms with Crippen LogP contribution in [0.3, 0.4) is 0 Å². The van der Waals surface area contributed by atoms with Crippen molar-refractivity contribution in [3.63, 3.8) is 0 Å². The largest absolute Gasteiger partial charge is 0.415 e. The van der Waals surface area contributed by atoms with Crippen LogP contribution in [-0.2, 0) is 19.9 Å². The molecule has 0 amide bonds. The van der Waals surface area contributed by atoms with Crippen molar-refractivity contribution in [1.82, 2.24) is 4.90 Å². The van der Waals surface area contributed by atoms with Crippen LogP contribution in [0.2, 0.25) is 5.04 Å². The van der Waals surface area contributed by atoms with E-state index >= 15 is 0 Å². The van der Waals surface area contributed by atoms with Crippen LogP contribution in [0.25, 0.3) is 4.91 Å². The molecular formula is C31H39NO3SSi. The lowest BCUT2D eigenvalue weighted by Crippen LogP contribution is -2.44. The van der Waals surface area contributed by atoms with Gasteiger partial charge < -0.3 is 4.43 Å². The molecule has 6 heteroatoms. The molecule has 0 radical (unpaired) electrons. The topological polar surface area (TPSA) is 46.6 Å². The van der Waals surface area contributed by atoms with Crippen LogP contribution in [0, 0.1) is 0 Å². The van der Waals surface area contributed by atoms with Crippen molar-refractivity contribution in [3.8, 4) is 0 Å². The first kappa shape index (κ1) is 27.5. The van der Waals surface area contributed by atoms with Crippen molar-refractivity contribution in [2.75, 3.05) is 19.3 Å². The summed E-state index contributed by atoms with van der Waals surface area (Å²) in [7, 11) is -4.20. The molecule has 0 bridgehead atoms. The van der Waals surface area contributed by atoms with Gasteiger partial charge in [-0.3, -0.25) is 4.90 Å². The molecule has 0 aliphatic carbocycles. The van der Waals surface area contributed by atoms with E-state index in [1.54, 1.807) is 0 Å². The summed E-state index contributed by atoms with van der Waals surface area (Å²) in [5.74, 6) is 0. The van der Waals surface area contributed by atoms with Crippen LogP contribution >= 0.6 is 0 Å². The second-order valence-corrected chi connectivity index (χ2v) is 16.4. The average molecular weight is 534 g/mol. The normalized spacial score (nSPS) is 15.4. The van der Waals surface area contributed by atoms with Crippen molar-refractivity contribution < 1.29 is 12.8 Å². The van der Waals surface area contributed by atoms with Crippen LogP contribution in [0.1, 0.15) is 62.9 Å². The van der Waals surface area contributed by atoms with Crippen LogP contribution < -0.4 is 0 Å². The highest BCUT2D eigenvalue weighted by Crippen LogP contribution is 2.39. The third-order valence-corrected chi connectivity index (χ3v) is 9.76. The minimum absolute atomic E-state index is 0.0768. The maximum Gasteiger partial charge on any atom is 0.176 e. The van der Waals surface area contributed by atoms with E-state index in [0.717, 1.165) is 16.7 Å². The van der Waals surface area contributed by atoms with Gasteiger partial charge in [-0.05, 0) is 52.8 Å². The highest BCUT2D eigenvalue weighted by Gasteiger charge is 2.35. The standard InChI is InChI=1S/C31H39NO3SSi/c1-30(2,3)37-35-31(4,5)27-19-13-18-25(20-27)29(36(6,33)34)26-21-32(22-26)28(23-14-9-7-10-15-23)24-16-11-8-12-17-24/h7-20,28H,21-22,37H2,1-6H3. The predicted octanol–water partition coefficient (Wildman–Crippen LogP) is 6.10. The summed E-state index contributed by atoms with van der Waals surface area (Å²) in [4.78, 5) is 2.80. The molecule has 37 heavy (non-hydrogen) atoms. The lowest BCUT2D eigenvalue weighted by atomic mass is 9.91. The lowest BCUT2D eigenvalue weighted by molar-refractivity contribution is 0.109. The quantitative estimate of drug-likeness (QED) is 0.328. The summed E-state index contributed by atoms with van der Waals surface area (Å²) in [5, 5.41) is 0.179. The molecule has 0 spiro atoms. The molecule has 4 nitrogen and oxygen atoms in total. The summed E-state index contributed by atoms with van der Waals surface area (Å²) in [6, 6.07) is 28.8. The number of hydrogen-bond donors (Lipinski definition) is 0. The van der Waals surface area contributed by atoms with Crippen molar-refractivity contribution in [1.29, 1.82) is 0 Å². The van der Waals surface area contributed by atoms with Crippen LogP contribution in [0.4, 0.5) is 0 Å². The van der Waals surface area contributed by atoms with Gasteiger partial charge in [0.05, 0.1) is 16.5 Å². The minimum Gasteiger partial charge on any atom is -0.415 e. The molecule has 0 N–H and O–H groups in total. The molecule has 4 rings (SSSR count). The summed E-state index contributed by atoms with van der Waals surface area (Å²) < 4.78 is 32.6. The molecule has 3 aromatic carbocycles. The number of hydrogen-bond acceptors (Lipinski definition) is 4. The Morgan fingerprint density at radius 3 is 1.86 bits per heavy atom. The van der Waals surface area contributed by atoms with E-state index in [4.69, 9.17) is 4.43 Å². The zero-order chi connectivity index (χ0) is 26.8. The zero-order valence-corrected chi connectivity index (χ0v) is 25.1. The maximum absolute atomic E-state index is 13.1. The van der Waals surface area contributed by atoms with Crippen molar-refractivity contribution in [3.05, 3.63) is 113 Å². The molecule has 0 unspecified atom stereocenters. The summed E-state index contributed by atoms with van der Waals surface area (Å²) in [6.45, 7) is 12.0. The zero-order valence-electron chi connectivity index (χ0n) is 22.9. The van der Waals surface area contributed by atoms with Crippen molar-refractivity contribution >= 4 is 24.5 Å². The molecule has 1 heterocycles. The molecule has 0 atom stereocenters. The highest BCUT2D eigenvalue weighted by molar-refractivity contribution is 8.00. The van der Waals surface area contributed by atoms with Crippen molar-refractivity contribution in [2.45, 2.75) is 51.3 Å². The van der Waals surface area contributed by atoms with E-state index in [0.29, 0.717) is 18.0 Å². The number of sulfone groups is 1. The van der Waals surface area contributed by atoms with Crippen LogP contribution in [0.5, 0.6) is 0 Å². The summed E-state index contributed by atoms with van der Waals surface area (Å²) in [6.07, 6.45) is 1.32. The van der Waals surface area contributed by atoms with Gasteiger partial charge in [-0.25, -0.2) is 8.42 Å². The molecule has 1 fully saturated rings. The van der Waals surface area contributed by atoms with Crippen molar-refractivity contribution in [2.24, 2.45) is 0 Å². The van der Waals surface area contributed by atoms with E-state index in [1.165, 1.54) is 17.4 Å². The third-order valence-electron chi connectivity index (χ3n) is 6.76. The first-order valence-corrected chi connectivity index (χ1v) is 16.0. The minimum atomic E-state index is -3.43. The Hall–Kier alpha value is -2.51. The lowest BCUT2D eigenvalue weighted by Gasteiger charge is -2.42. The molecular weight excluding hydrogens is 494 g/mol. The van der Waals surface area contributed by atoms with E-state index in [-0.39, 0.29) is 11.1 Å². The fraction of sp³-hybridized carbons (Fsp3) is 0.355. The third kappa shape index (κ3) is 6.68. The molecule has 1 aliphatic heterocycles. The first-order chi connectivity index (χ1) is 17.4. The van der Waals surface area contributed by atoms with Gasteiger partial charge in [-0.1, -0.05) is 99.6 Å². The van der Waals surface area contributed by atoms with Gasteiger partial charge in [0.15, 0.2) is 19.6 Å². The molecule has 0 saturated carbocycles. The Labute approximate surface area is 225 Å². The fourth-order valence-corrected chi connectivity index (χ4v) is 7.02. The number of rotatable bonds is 8. The van der Waals surface area contributed by atoms with E-state index in [2.05, 4.69) is 88.0 Å². The number of nitrogens with zero attached hydrogens (tertiary/aromatic N) is 1. The second kappa shape index (κ2) is 10.7. The molecule has 3 aromatic rings. The van der Waals surface area contributed by atoms with Gasteiger partial charge >= 0.3 is 0 Å². The first-order valence-electron chi connectivity index (χ1n) is 12.9. The number of likely N-dealkylation sites (tertiary alicyclic amines) is 1. The van der Waals surface area contributed by atoms with Gasteiger partial charge in [0, 0.05) is 19.3 Å². The molecule has 1 saturated heterocycles. The Bertz CT molecular complexity index is 1310. The van der Waals surface area contributed by atoms with Gasteiger partial charge in [0.2, 0.25) is 0 Å². The van der Waals surface area contributed by atoms with E-state index in [1.807, 2.05) is 36.4 Å². The SMILES string of the molecule is CC(C)(C)[SiH2]OC(C)(C)c1cccc(C(=C2CN(C(c3ccccc3)c3ccccc3)C2)S(C)(=O)=O)c1. The van der Waals surface area contributed by atoms with Gasteiger partial charge in [0.1, 0.15) is 0 Å². The Kier molecular flexibility index (Phi) is 7.95. The smallest absolute Gasteiger partial charge is 0.176 e. The summed E-state index contributed by atoms with van der Waals surface area (Å²) in [5.41, 5.74) is 4.65. The molecule has 196 valence electrons. The highest BCUT2D eigenvalue weighted by atomic mass is 32.2. The molecule has 0 aromatic heterocycles. The second-order valence-electron chi connectivity index (χ2n) is 11.8. The average Bonchev–Trinajstić information content (AvgIpc) is 2.82. The van der Waals surface area contributed by atoms with Crippen LogP contribution in [-0.4, -0.2) is 42.4 Å². The van der Waals surface area contributed by atoms with E-state index in [9.17, 15) is 8.42 Å². The van der Waals surface area contributed by atoms with Gasteiger partial charge in [-0.2, -0.15) is 0 Å². The Balaban J connectivity index is 1.67. The Morgan fingerprint density at radius 1 is 0.838 bits per heavy atom. The van der Waals surface area contributed by atoms with Crippen LogP contribution in [0.15, 0.2) is 90.5 Å². The van der Waals surface area contributed by atoms with E-state index < -0.39 is 25.2 Å². The fourth-order valence-electron chi connectivity index (χ4n) is 4.85. The number of benzene rings is 3. The monoisotopic (exact) mass is 533 g/mol. The maximum atomic E-state index is 13.1. The Morgan fingerprint density at radius 2 is 1.38 bits per heavy atom. The van der Waals surface area contributed by atoms with Gasteiger partial charge in [-0.15, -0.1) is 0 Å². The molecule has 1 aliphatic rings. The van der Waals surface area contributed by atoms with Gasteiger partial charge in [0.25, 0.3) is 0 Å².